The molecule has 1 aromatic carbocycles. The summed E-state index contributed by atoms with van der Waals surface area (Å²) in [6.45, 7) is 6.16. The quantitative estimate of drug-likeness (QED) is 0.797. The summed E-state index contributed by atoms with van der Waals surface area (Å²) in [7, 11) is 1.67. The number of carbonyl (C=O) groups is 1. The van der Waals surface area contributed by atoms with Gasteiger partial charge in [0.1, 0.15) is 0 Å². The van der Waals surface area contributed by atoms with E-state index >= 15 is 0 Å². The third-order valence-corrected chi connectivity index (χ3v) is 3.70. The SMILES string of the molecule is COCCN(Cc1ccccc1)C(=O)CN1CCNCC1. The molecule has 1 heterocycles. The molecular weight excluding hydrogens is 266 g/mol. The Morgan fingerprint density at radius 2 is 2.00 bits per heavy atom. The number of piperazine rings is 1. The first kappa shape index (κ1) is 15.9. The normalized spacial score (nSPS) is 15.9. The molecule has 0 radical (unpaired) electrons. The summed E-state index contributed by atoms with van der Waals surface area (Å²) in [5, 5.41) is 3.30. The fourth-order valence-electron chi connectivity index (χ4n) is 2.46. The minimum absolute atomic E-state index is 0.179. The zero-order chi connectivity index (χ0) is 14.9. The Morgan fingerprint density at radius 3 is 2.67 bits per heavy atom. The van der Waals surface area contributed by atoms with Crippen LogP contribution in [0, 0.1) is 0 Å². The smallest absolute Gasteiger partial charge is 0.237 e. The van der Waals surface area contributed by atoms with Crippen LogP contribution in [0.25, 0.3) is 0 Å². The maximum absolute atomic E-state index is 12.5. The average molecular weight is 291 g/mol. The van der Waals surface area contributed by atoms with Crippen LogP contribution in [-0.2, 0) is 16.1 Å². The van der Waals surface area contributed by atoms with E-state index in [0.717, 1.165) is 31.7 Å². The Balaban J connectivity index is 1.92. The molecule has 0 aliphatic carbocycles. The standard InChI is InChI=1S/C16H25N3O2/c1-21-12-11-19(13-15-5-3-2-4-6-15)16(20)14-18-9-7-17-8-10-18/h2-6,17H,7-14H2,1H3. The third kappa shape index (κ3) is 5.46. The lowest BCUT2D eigenvalue weighted by Gasteiger charge is -2.30. The largest absolute Gasteiger partial charge is 0.383 e. The van der Waals surface area contributed by atoms with Crippen LogP contribution in [-0.4, -0.2) is 68.7 Å². The van der Waals surface area contributed by atoms with Crippen molar-refractivity contribution < 1.29 is 9.53 Å². The molecule has 1 aromatic rings. The number of nitrogens with one attached hydrogen (secondary N) is 1. The van der Waals surface area contributed by atoms with Gasteiger partial charge in [0.25, 0.3) is 0 Å². The van der Waals surface area contributed by atoms with E-state index in [4.69, 9.17) is 4.74 Å². The Hall–Kier alpha value is -1.43. The van der Waals surface area contributed by atoms with Crippen molar-refractivity contribution in [1.29, 1.82) is 0 Å². The Kier molecular flexibility index (Phi) is 6.66. The van der Waals surface area contributed by atoms with Gasteiger partial charge in [0, 0.05) is 46.4 Å². The van der Waals surface area contributed by atoms with E-state index in [9.17, 15) is 4.79 Å². The summed E-state index contributed by atoms with van der Waals surface area (Å²) in [5.74, 6) is 0.179. The van der Waals surface area contributed by atoms with E-state index < -0.39 is 0 Å². The predicted octanol–water partition coefficient (Wildman–Crippen LogP) is 0.567. The summed E-state index contributed by atoms with van der Waals surface area (Å²) < 4.78 is 5.13. The summed E-state index contributed by atoms with van der Waals surface area (Å²) in [4.78, 5) is 16.6. The van der Waals surface area contributed by atoms with Crippen molar-refractivity contribution in [2.24, 2.45) is 0 Å². The monoisotopic (exact) mass is 291 g/mol. The third-order valence-electron chi connectivity index (χ3n) is 3.70. The Morgan fingerprint density at radius 1 is 1.29 bits per heavy atom. The molecule has 1 fully saturated rings. The van der Waals surface area contributed by atoms with Crippen molar-refractivity contribution in [2.75, 3.05) is 53.0 Å². The molecule has 1 aliphatic rings. The lowest BCUT2D eigenvalue weighted by Crippen LogP contribution is -2.48. The van der Waals surface area contributed by atoms with Crippen molar-refractivity contribution in [2.45, 2.75) is 6.54 Å². The lowest BCUT2D eigenvalue weighted by atomic mass is 10.2. The van der Waals surface area contributed by atoms with Gasteiger partial charge in [-0.3, -0.25) is 9.69 Å². The second-order valence-corrected chi connectivity index (χ2v) is 5.32. The van der Waals surface area contributed by atoms with Crippen LogP contribution in [0.4, 0.5) is 0 Å². The van der Waals surface area contributed by atoms with Gasteiger partial charge in [0.2, 0.25) is 5.91 Å². The first-order valence-corrected chi connectivity index (χ1v) is 7.53. The molecule has 0 bridgehead atoms. The highest BCUT2D eigenvalue weighted by molar-refractivity contribution is 5.78. The van der Waals surface area contributed by atoms with Gasteiger partial charge < -0.3 is 15.0 Å². The van der Waals surface area contributed by atoms with Crippen LogP contribution in [0.5, 0.6) is 0 Å². The van der Waals surface area contributed by atoms with E-state index in [1.165, 1.54) is 0 Å². The molecule has 2 rings (SSSR count). The van der Waals surface area contributed by atoms with Gasteiger partial charge in [-0.05, 0) is 5.56 Å². The molecule has 5 heteroatoms. The van der Waals surface area contributed by atoms with Crippen molar-refractivity contribution >= 4 is 5.91 Å². The van der Waals surface area contributed by atoms with Gasteiger partial charge in [-0.25, -0.2) is 0 Å². The van der Waals surface area contributed by atoms with Crippen LogP contribution in [0.1, 0.15) is 5.56 Å². The highest BCUT2D eigenvalue weighted by Gasteiger charge is 2.18. The molecule has 0 atom stereocenters. The van der Waals surface area contributed by atoms with Crippen LogP contribution in [0.2, 0.25) is 0 Å². The molecule has 0 unspecified atom stereocenters. The Bertz CT molecular complexity index is 419. The number of rotatable bonds is 7. The molecule has 0 spiro atoms. The molecule has 1 N–H and O–H groups in total. The number of methoxy groups -OCH3 is 1. The molecule has 5 nitrogen and oxygen atoms in total. The molecule has 1 aliphatic heterocycles. The van der Waals surface area contributed by atoms with E-state index in [0.29, 0.717) is 26.2 Å². The minimum atomic E-state index is 0.179. The average Bonchev–Trinajstić information content (AvgIpc) is 2.53. The highest BCUT2D eigenvalue weighted by Crippen LogP contribution is 2.06. The summed E-state index contributed by atoms with van der Waals surface area (Å²) in [5.41, 5.74) is 1.15. The number of hydrogen-bond donors (Lipinski definition) is 1. The van der Waals surface area contributed by atoms with Gasteiger partial charge in [-0.15, -0.1) is 0 Å². The zero-order valence-corrected chi connectivity index (χ0v) is 12.8. The van der Waals surface area contributed by atoms with Crippen molar-refractivity contribution in [3.63, 3.8) is 0 Å². The molecule has 0 saturated carbocycles. The molecule has 21 heavy (non-hydrogen) atoms. The number of nitrogens with zero attached hydrogens (tertiary/aromatic N) is 2. The van der Waals surface area contributed by atoms with Gasteiger partial charge >= 0.3 is 0 Å². The first-order valence-electron chi connectivity index (χ1n) is 7.53. The zero-order valence-electron chi connectivity index (χ0n) is 12.8. The van der Waals surface area contributed by atoms with Gasteiger partial charge in [-0.2, -0.15) is 0 Å². The highest BCUT2D eigenvalue weighted by atomic mass is 16.5. The van der Waals surface area contributed by atoms with Crippen LogP contribution >= 0.6 is 0 Å². The van der Waals surface area contributed by atoms with Gasteiger partial charge in [-0.1, -0.05) is 30.3 Å². The summed E-state index contributed by atoms with van der Waals surface area (Å²) >= 11 is 0. The lowest BCUT2D eigenvalue weighted by molar-refractivity contribution is -0.133. The number of ether oxygens (including phenoxy) is 1. The maximum Gasteiger partial charge on any atom is 0.237 e. The Labute approximate surface area is 126 Å². The van der Waals surface area contributed by atoms with Crippen LogP contribution in [0.15, 0.2) is 30.3 Å². The fraction of sp³-hybridized carbons (Fsp3) is 0.562. The predicted molar refractivity (Wildman–Crippen MR) is 83.0 cm³/mol. The maximum atomic E-state index is 12.5. The number of amides is 1. The van der Waals surface area contributed by atoms with E-state index in [2.05, 4.69) is 22.3 Å². The summed E-state index contributed by atoms with van der Waals surface area (Å²) in [6.07, 6.45) is 0. The van der Waals surface area contributed by atoms with Crippen LogP contribution in [0.3, 0.4) is 0 Å². The van der Waals surface area contributed by atoms with E-state index in [1.807, 2.05) is 23.1 Å². The molecule has 0 aromatic heterocycles. The minimum Gasteiger partial charge on any atom is -0.383 e. The second-order valence-electron chi connectivity index (χ2n) is 5.32. The molecule has 116 valence electrons. The fourth-order valence-corrected chi connectivity index (χ4v) is 2.46. The molecular formula is C16H25N3O2. The second kappa shape index (κ2) is 8.77. The number of hydrogen-bond acceptors (Lipinski definition) is 4. The van der Waals surface area contributed by atoms with Gasteiger partial charge in [0.15, 0.2) is 0 Å². The van der Waals surface area contributed by atoms with Crippen molar-refractivity contribution in [3.8, 4) is 0 Å². The topological polar surface area (TPSA) is 44.8 Å². The number of benzene rings is 1. The van der Waals surface area contributed by atoms with E-state index in [1.54, 1.807) is 7.11 Å². The van der Waals surface area contributed by atoms with Crippen LogP contribution < -0.4 is 5.32 Å². The van der Waals surface area contributed by atoms with Crippen molar-refractivity contribution in [1.82, 2.24) is 15.1 Å². The van der Waals surface area contributed by atoms with E-state index in [-0.39, 0.29) is 5.91 Å². The molecule has 1 saturated heterocycles. The first-order chi connectivity index (χ1) is 10.3. The van der Waals surface area contributed by atoms with Gasteiger partial charge in [0.05, 0.1) is 13.2 Å². The molecule has 1 amide bonds. The summed E-state index contributed by atoms with van der Waals surface area (Å²) in [6, 6.07) is 10.1. The number of carbonyl (C=O) groups excluding carboxylic acids is 1. The van der Waals surface area contributed by atoms with Crippen molar-refractivity contribution in [3.05, 3.63) is 35.9 Å².